The zero-order chi connectivity index (χ0) is 17.9. The van der Waals surface area contributed by atoms with Gasteiger partial charge in [0.2, 0.25) is 0 Å². The second kappa shape index (κ2) is 7.20. The van der Waals surface area contributed by atoms with Gasteiger partial charge in [-0.15, -0.1) is 0 Å². The Kier molecular flexibility index (Phi) is 5.47. The molecule has 0 aromatic heterocycles. The summed E-state index contributed by atoms with van der Waals surface area (Å²) in [5.41, 5.74) is 5.06. The molecule has 1 atom stereocenters. The third kappa shape index (κ3) is 4.24. The van der Waals surface area contributed by atoms with Crippen LogP contribution in [0.3, 0.4) is 0 Å². The Labute approximate surface area is 144 Å². The van der Waals surface area contributed by atoms with Gasteiger partial charge in [0.1, 0.15) is 0 Å². The molecule has 2 aromatic rings. The highest BCUT2D eigenvalue weighted by Crippen LogP contribution is 2.30. The minimum absolute atomic E-state index is 0.0666. The van der Waals surface area contributed by atoms with Crippen LogP contribution in [0.4, 0.5) is 5.69 Å². The summed E-state index contributed by atoms with van der Waals surface area (Å²) in [5, 5.41) is 0. The van der Waals surface area contributed by atoms with Crippen molar-refractivity contribution >= 4 is 21.9 Å². The molecule has 0 aliphatic carbocycles. The van der Waals surface area contributed by atoms with Gasteiger partial charge >= 0.3 is 0 Å². The van der Waals surface area contributed by atoms with Crippen molar-refractivity contribution in [2.24, 2.45) is 0 Å². The van der Waals surface area contributed by atoms with Crippen LogP contribution in [0.5, 0.6) is 0 Å². The van der Waals surface area contributed by atoms with Crippen molar-refractivity contribution in [3.05, 3.63) is 65.2 Å². The summed E-state index contributed by atoms with van der Waals surface area (Å²) < 4.78 is 29.6. The Morgan fingerprint density at radius 1 is 1.00 bits per heavy atom. The van der Waals surface area contributed by atoms with Crippen LogP contribution in [0.15, 0.2) is 59.0 Å². The maximum Gasteiger partial charge on any atom is 0.294 e. The highest BCUT2D eigenvalue weighted by molar-refractivity contribution is 7.85. The molecule has 128 valence electrons. The SMILES string of the molecule is CC1=Cc2ccccc2N(C)C1C.Cc1ccc(S(=O)(=O)O)cc1. The van der Waals surface area contributed by atoms with Crippen LogP contribution in [0.25, 0.3) is 6.08 Å². The lowest BCUT2D eigenvalue weighted by molar-refractivity contribution is 0.483. The third-order valence-electron chi connectivity index (χ3n) is 4.26. The average Bonchev–Trinajstić information content (AvgIpc) is 2.53. The van der Waals surface area contributed by atoms with E-state index in [4.69, 9.17) is 4.55 Å². The molecule has 0 radical (unpaired) electrons. The molecule has 2 aromatic carbocycles. The van der Waals surface area contributed by atoms with Gasteiger partial charge in [0.05, 0.1) is 4.90 Å². The van der Waals surface area contributed by atoms with Gasteiger partial charge in [-0.1, -0.05) is 47.5 Å². The number of para-hydroxylation sites is 1. The van der Waals surface area contributed by atoms with E-state index in [1.807, 2.05) is 6.92 Å². The van der Waals surface area contributed by atoms with Gasteiger partial charge in [0, 0.05) is 18.8 Å². The van der Waals surface area contributed by atoms with E-state index >= 15 is 0 Å². The first-order valence-corrected chi connectivity index (χ1v) is 9.18. The Bertz CT molecular complexity index is 839. The van der Waals surface area contributed by atoms with Crippen molar-refractivity contribution in [1.82, 2.24) is 0 Å². The Morgan fingerprint density at radius 3 is 2.17 bits per heavy atom. The molecule has 1 heterocycles. The third-order valence-corrected chi connectivity index (χ3v) is 5.13. The molecule has 1 N–H and O–H groups in total. The van der Waals surface area contributed by atoms with E-state index in [0.717, 1.165) is 5.56 Å². The van der Waals surface area contributed by atoms with Crippen molar-refractivity contribution in [3.8, 4) is 0 Å². The maximum absolute atomic E-state index is 10.5. The molecule has 0 saturated heterocycles. The fourth-order valence-corrected chi connectivity index (χ4v) is 3.00. The van der Waals surface area contributed by atoms with Crippen molar-refractivity contribution in [3.63, 3.8) is 0 Å². The number of rotatable bonds is 1. The molecule has 0 spiro atoms. The number of fused-ring (bicyclic) bond motifs is 1. The van der Waals surface area contributed by atoms with Gasteiger partial charge in [-0.2, -0.15) is 8.42 Å². The van der Waals surface area contributed by atoms with E-state index < -0.39 is 10.1 Å². The van der Waals surface area contributed by atoms with Crippen molar-refractivity contribution < 1.29 is 13.0 Å². The zero-order valence-corrected chi connectivity index (χ0v) is 15.2. The minimum Gasteiger partial charge on any atom is -0.368 e. The summed E-state index contributed by atoms with van der Waals surface area (Å²) in [5.74, 6) is 0. The number of hydrogen-bond acceptors (Lipinski definition) is 3. The number of hydrogen-bond donors (Lipinski definition) is 1. The van der Waals surface area contributed by atoms with E-state index in [9.17, 15) is 8.42 Å². The molecule has 0 bridgehead atoms. The van der Waals surface area contributed by atoms with E-state index in [1.54, 1.807) is 12.1 Å². The number of likely N-dealkylation sites (N-methyl/N-ethyl adjacent to an activating group) is 1. The fourth-order valence-electron chi connectivity index (χ4n) is 2.52. The summed E-state index contributed by atoms with van der Waals surface area (Å²) in [6.45, 7) is 6.27. The number of benzene rings is 2. The monoisotopic (exact) mass is 345 g/mol. The van der Waals surface area contributed by atoms with Gasteiger partial charge in [0.15, 0.2) is 0 Å². The van der Waals surface area contributed by atoms with Crippen molar-refractivity contribution in [2.75, 3.05) is 11.9 Å². The highest BCUT2D eigenvalue weighted by atomic mass is 32.2. The lowest BCUT2D eigenvalue weighted by atomic mass is 9.98. The molecule has 0 saturated carbocycles. The first kappa shape index (κ1) is 18.2. The van der Waals surface area contributed by atoms with Crippen LogP contribution in [-0.4, -0.2) is 26.1 Å². The summed E-state index contributed by atoms with van der Waals surface area (Å²) in [4.78, 5) is 2.26. The topological polar surface area (TPSA) is 57.6 Å². The van der Waals surface area contributed by atoms with Crippen LogP contribution in [0.2, 0.25) is 0 Å². The molecule has 0 fully saturated rings. The predicted molar refractivity (Wildman–Crippen MR) is 99.0 cm³/mol. The second-order valence-electron chi connectivity index (χ2n) is 6.02. The van der Waals surface area contributed by atoms with Gasteiger partial charge in [-0.3, -0.25) is 4.55 Å². The molecular formula is C19H23NO3S. The average molecular weight is 345 g/mol. The van der Waals surface area contributed by atoms with Crippen molar-refractivity contribution in [1.29, 1.82) is 0 Å². The second-order valence-corrected chi connectivity index (χ2v) is 7.44. The van der Waals surface area contributed by atoms with E-state index in [0.29, 0.717) is 6.04 Å². The van der Waals surface area contributed by atoms with Crippen LogP contribution in [0.1, 0.15) is 25.0 Å². The lowest BCUT2D eigenvalue weighted by Crippen LogP contribution is -2.32. The first-order chi connectivity index (χ1) is 11.2. The Hall–Kier alpha value is -2.11. The molecule has 24 heavy (non-hydrogen) atoms. The smallest absolute Gasteiger partial charge is 0.294 e. The maximum atomic E-state index is 10.5. The normalized spacial score (nSPS) is 16.6. The summed E-state index contributed by atoms with van der Waals surface area (Å²) in [6.07, 6.45) is 2.28. The molecular weight excluding hydrogens is 322 g/mol. The predicted octanol–water partition coefficient (Wildman–Crippen LogP) is 4.17. The number of anilines is 1. The number of aryl methyl sites for hydroxylation is 1. The number of nitrogens with zero attached hydrogens (tertiary/aromatic N) is 1. The van der Waals surface area contributed by atoms with Gasteiger partial charge in [-0.05, 0) is 44.5 Å². The molecule has 3 rings (SSSR count). The van der Waals surface area contributed by atoms with E-state index in [1.165, 1.54) is 29.0 Å². The Balaban J connectivity index is 0.000000177. The van der Waals surface area contributed by atoms with Crippen LogP contribution >= 0.6 is 0 Å². The fraction of sp³-hybridized carbons (Fsp3) is 0.263. The largest absolute Gasteiger partial charge is 0.368 e. The lowest BCUT2D eigenvalue weighted by Gasteiger charge is -2.33. The minimum atomic E-state index is -4.02. The summed E-state index contributed by atoms with van der Waals surface area (Å²) >= 11 is 0. The Morgan fingerprint density at radius 2 is 1.58 bits per heavy atom. The van der Waals surface area contributed by atoms with Crippen LogP contribution < -0.4 is 4.90 Å². The molecule has 5 heteroatoms. The van der Waals surface area contributed by atoms with E-state index in [2.05, 4.69) is 56.1 Å². The highest BCUT2D eigenvalue weighted by Gasteiger charge is 2.18. The molecule has 0 amide bonds. The van der Waals surface area contributed by atoms with Gasteiger partial charge in [0.25, 0.3) is 10.1 Å². The van der Waals surface area contributed by atoms with Gasteiger partial charge < -0.3 is 4.90 Å². The van der Waals surface area contributed by atoms with Crippen molar-refractivity contribution in [2.45, 2.75) is 31.7 Å². The molecule has 4 nitrogen and oxygen atoms in total. The molecule has 1 aliphatic heterocycles. The quantitative estimate of drug-likeness (QED) is 0.788. The van der Waals surface area contributed by atoms with Gasteiger partial charge in [-0.25, -0.2) is 0 Å². The standard InChI is InChI=1S/C12H15N.C7H8O3S/c1-9-8-11-6-4-5-7-12(11)13(3)10(9)2;1-6-2-4-7(5-3-6)11(8,9)10/h4-8,10H,1-3H3;2-5H,1H3,(H,8,9,10). The van der Waals surface area contributed by atoms with Crippen LogP contribution in [0, 0.1) is 6.92 Å². The molecule has 1 aliphatic rings. The first-order valence-electron chi connectivity index (χ1n) is 7.74. The summed E-state index contributed by atoms with van der Waals surface area (Å²) in [6, 6.07) is 15.0. The molecule has 1 unspecified atom stereocenters. The summed E-state index contributed by atoms with van der Waals surface area (Å²) in [7, 11) is -1.87. The van der Waals surface area contributed by atoms with E-state index in [-0.39, 0.29) is 4.90 Å². The zero-order valence-electron chi connectivity index (χ0n) is 14.4. The van der Waals surface area contributed by atoms with Crippen LogP contribution in [-0.2, 0) is 10.1 Å².